The number of para-hydroxylation sites is 1. The minimum absolute atomic E-state index is 0.104. The third-order valence-corrected chi connectivity index (χ3v) is 3.47. The van der Waals surface area contributed by atoms with Crippen molar-refractivity contribution in [2.45, 2.75) is 0 Å². The number of hydrogen-bond donors (Lipinski definition) is 1. The lowest BCUT2D eigenvalue weighted by Crippen LogP contribution is -2.29. The van der Waals surface area contributed by atoms with Crippen molar-refractivity contribution in [3.05, 3.63) is 52.2 Å². The Balaban J connectivity index is 2.11. The van der Waals surface area contributed by atoms with Gasteiger partial charge < -0.3 is 0 Å². The van der Waals surface area contributed by atoms with Gasteiger partial charge in [-0.1, -0.05) is 18.2 Å². The van der Waals surface area contributed by atoms with Crippen molar-refractivity contribution >= 4 is 28.8 Å². The van der Waals surface area contributed by atoms with Crippen LogP contribution in [-0.4, -0.2) is 11.7 Å². The zero-order valence-corrected chi connectivity index (χ0v) is 9.12. The normalized spacial score (nSPS) is 14.4. The van der Waals surface area contributed by atoms with E-state index in [0.717, 1.165) is 10.6 Å². The number of anilines is 1. The monoisotopic (exact) mass is 228 g/mol. The maximum absolute atomic E-state index is 12.1. The van der Waals surface area contributed by atoms with Gasteiger partial charge in [-0.2, -0.15) is 0 Å². The predicted octanol–water partition coefficient (Wildman–Crippen LogP) is 2.73. The Kier molecular flexibility index (Phi) is 1.91. The van der Waals surface area contributed by atoms with Crippen LogP contribution in [0.5, 0.6) is 0 Å². The van der Waals surface area contributed by atoms with Gasteiger partial charge in [-0.05, 0) is 23.6 Å². The molecule has 0 saturated carbocycles. The van der Waals surface area contributed by atoms with E-state index in [9.17, 15) is 4.79 Å². The van der Waals surface area contributed by atoms with Crippen LogP contribution in [0.4, 0.5) is 5.69 Å². The van der Waals surface area contributed by atoms with Crippen LogP contribution in [0.1, 0.15) is 15.2 Å². The maximum Gasteiger partial charge on any atom is 0.265 e. The first-order chi connectivity index (χ1) is 7.79. The molecule has 2 heterocycles. The molecule has 16 heavy (non-hydrogen) atoms. The average Bonchev–Trinajstić information content (AvgIpc) is 2.86. The van der Waals surface area contributed by atoms with Crippen LogP contribution in [0.25, 0.3) is 0 Å². The highest BCUT2D eigenvalue weighted by molar-refractivity contribution is 7.13. The van der Waals surface area contributed by atoms with Gasteiger partial charge in [0, 0.05) is 0 Å². The number of amidine groups is 1. The summed E-state index contributed by atoms with van der Waals surface area (Å²) >= 11 is 1.44. The van der Waals surface area contributed by atoms with Crippen LogP contribution in [-0.2, 0) is 0 Å². The summed E-state index contributed by atoms with van der Waals surface area (Å²) < 4.78 is 0. The summed E-state index contributed by atoms with van der Waals surface area (Å²) in [7, 11) is 0. The highest BCUT2D eigenvalue weighted by atomic mass is 32.1. The Morgan fingerprint density at radius 1 is 1.12 bits per heavy atom. The van der Waals surface area contributed by atoms with Gasteiger partial charge in [-0.3, -0.25) is 15.1 Å². The number of carbonyl (C=O) groups excluding carboxylic acids is 1. The fourth-order valence-electron chi connectivity index (χ4n) is 1.81. The first-order valence-electron chi connectivity index (χ1n) is 4.85. The van der Waals surface area contributed by atoms with Crippen molar-refractivity contribution in [2.24, 2.45) is 0 Å². The van der Waals surface area contributed by atoms with Gasteiger partial charge in [0.15, 0.2) is 5.84 Å². The number of hydrogen-bond acceptors (Lipinski definition) is 3. The standard InChI is InChI=1S/C12H8N2OS/c13-11-10-9(6-7-16-10)12(15)14(11)8-4-2-1-3-5-8/h1-7,13H. The molecule has 0 fully saturated rings. The zero-order chi connectivity index (χ0) is 11.1. The van der Waals surface area contributed by atoms with Crippen molar-refractivity contribution in [1.82, 2.24) is 0 Å². The minimum Gasteiger partial charge on any atom is -0.283 e. The van der Waals surface area contributed by atoms with E-state index in [4.69, 9.17) is 5.41 Å². The van der Waals surface area contributed by atoms with E-state index in [1.807, 2.05) is 35.7 Å². The predicted molar refractivity (Wildman–Crippen MR) is 64.4 cm³/mol. The van der Waals surface area contributed by atoms with Crippen LogP contribution in [0.2, 0.25) is 0 Å². The lowest BCUT2D eigenvalue weighted by atomic mass is 10.3. The molecule has 0 saturated heterocycles. The van der Waals surface area contributed by atoms with Crippen LogP contribution in [0.3, 0.4) is 0 Å². The molecule has 1 N–H and O–H groups in total. The number of fused-ring (bicyclic) bond motifs is 1. The fraction of sp³-hybridized carbons (Fsp3) is 0. The molecule has 1 aliphatic rings. The first kappa shape index (κ1) is 9.30. The highest BCUT2D eigenvalue weighted by Gasteiger charge is 2.34. The van der Waals surface area contributed by atoms with Crippen LogP contribution in [0.15, 0.2) is 41.8 Å². The molecule has 1 aliphatic heterocycles. The Bertz CT molecular complexity index is 543. The number of nitrogens with zero attached hydrogens (tertiary/aromatic N) is 1. The first-order valence-corrected chi connectivity index (χ1v) is 5.73. The number of carbonyl (C=O) groups is 1. The van der Waals surface area contributed by atoms with Gasteiger partial charge in [0.25, 0.3) is 5.91 Å². The molecule has 0 atom stereocenters. The molecule has 0 aliphatic carbocycles. The van der Waals surface area contributed by atoms with E-state index >= 15 is 0 Å². The van der Waals surface area contributed by atoms with Gasteiger partial charge in [0.05, 0.1) is 16.1 Å². The summed E-state index contributed by atoms with van der Waals surface area (Å²) in [6.45, 7) is 0. The molecule has 78 valence electrons. The van der Waals surface area contributed by atoms with Crippen LogP contribution in [0, 0.1) is 5.41 Å². The summed E-state index contributed by atoms with van der Waals surface area (Å²) in [6, 6.07) is 11.1. The maximum atomic E-state index is 12.1. The molecule has 4 heteroatoms. The minimum atomic E-state index is -0.104. The summed E-state index contributed by atoms with van der Waals surface area (Å²) in [5.41, 5.74) is 1.39. The molecular weight excluding hydrogens is 220 g/mol. The zero-order valence-electron chi connectivity index (χ0n) is 8.31. The van der Waals surface area contributed by atoms with Gasteiger partial charge in [0.1, 0.15) is 0 Å². The van der Waals surface area contributed by atoms with E-state index in [1.54, 1.807) is 6.07 Å². The van der Waals surface area contributed by atoms with Crippen molar-refractivity contribution < 1.29 is 4.79 Å². The molecule has 1 aromatic carbocycles. The lowest BCUT2D eigenvalue weighted by molar-refractivity contribution is 0.101. The molecule has 0 unspecified atom stereocenters. The lowest BCUT2D eigenvalue weighted by Gasteiger charge is -2.15. The summed E-state index contributed by atoms with van der Waals surface area (Å²) in [6.07, 6.45) is 0. The second-order valence-electron chi connectivity index (χ2n) is 3.49. The number of rotatable bonds is 1. The Hall–Kier alpha value is -1.94. The highest BCUT2D eigenvalue weighted by Crippen LogP contribution is 2.31. The quantitative estimate of drug-likeness (QED) is 0.801. The number of thiophene rings is 1. The molecule has 0 bridgehead atoms. The molecule has 1 aromatic heterocycles. The van der Waals surface area contributed by atoms with E-state index in [1.165, 1.54) is 16.2 Å². The van der Waals surface area contributed by atoms with Crippen LogP contribution >= 0.6 is 11.3 Å². The van der Waals surface area contributed by atoms with E-state index < -0.39 is 0 Å². The third-order valence-electron chi connectivity index (χ3n) is 2.55. The Labute approximate surface area is 96.5 Å². The van der Waals surface area contributed by atoms with Crippen molar-refractivity contribution in [1.29, 1.82) is 5.41 Å². The Morgan fingerprint density at radius 2 is 1.88 bits per heavy atom. The largest absolute Gasteiger partial charge is 0.283 e. The Morgan fingerprint density at radius 3 is 2.56 bits per heavy atom. The van der Waals surface area contributed by atoms with Gasteiger partial charge in [0.2, 0.25) is 0 Å². The average molecular weight is 228 g/mol. The number of amides is 1. The molecule has 2 aromatic rings. The van der Waals surface area contributed by atoms with Crippen molar-refractivity contribution in [3.8, 4) is 0 Å². The van der Waals surface area contributed by atoms with Crippen LogP contribution < -0.4 is 4.90 Å². The topological polar surface area (TPSA) is 44.2 Å². The molecular formula is C12H8N2OS. The van der Waals surface area contributed by atoms with Gasteiger partial charge in [-0.15, -0.1) is 11.3 Å². The van der Waals surface area contributed by atoms with E-state index in [0.29, 0.717) is 5.56 Å². The van der Waals surface area contributed by atoms with E-state index in [2.05, 4.69) is 0 Å². The SMILES string of the molecule is N=C1c2sccc2C(=O)N1c1ccccc1. The molecule has 0 radical (unpaired) electrons. The summed E-state index contributed by atoms with van der Waals surface area (Å²) in [5, 5.41) is 9.83. The molecule has 3 nitrogen and oxygen atoms in total. The smallest absolute Gasteiger partial charge is 0.265 e. The molecule has 3 rings (SSSR count). The summed E-state index contributed by atoms with van der Waals surface area (Å²) in [4.78, 5) is 14.3. The van der Waals surface area contributed by atoms with Gasteiger partial charge >= 0.3 is 0 Å². The van der Waals surface area contributed by atoms with Gasteiger partial charge in [-0.25, -0.2) is 0 Å². The third kappa shape index (κ3) is 1.13. The summed E-state index contributed by atoms with van der Waals surface area (Å²) in [5.74, 6) is 0.175. The second kappa shape index (κ2) is 3.28. The number of nitrogens with one attached hydrogen (secondary N) is 1. The fourth-order valence-corrected chi connectivity index (χ4v) is 2.63. The molecule has 0 spiro atoms. The second-order valence-corrected chi connectivity index (χ2v) is 4.40. The van der Waals surface area contributed by atoms with Crippen molar-refractivity contribution in [2.75, 3.05) is 4.90 Å². The number of benzene rings is 1. The van der Waals surface area contributed by atoms with E-state index in [-0.39, 0.29) is 11.7 Å². The molecule has 1 amide bonds. The van der Waals surface area contributed by atoms with Crippen molar-refractivity contribution in [3.63, 3.8) is 0 Å².